The van der Waals surface area contributed by atoms with Crippen molar-refractivity contribution in [1.82, 2.24) is 15.2 Å². The summed E-state index contributed by atoms with van der Waals surface area (Å²) in [7, 11) is 0. The number of rotatable bonds is 5. The number of nitrogens with one attached hydrogen (secondary N) is 1. The van der Waals surface area contributed by atoms with Gasteiger partial charge in [-0.05, 0) is 18.6 Å². The zero-order chi connectivity index (χ0) is 15.1. The molecule has 0 aliphatic carbocycles. The molecule has 2 rings (SSSR count). The van der Waals surface area contributed by atoms with Crippen molar-refractivity contribution in [1.29, 1.82) is 0 Å². The van der Waals surface area contributed by atoms with Crippen LogP contribution in [-0.4, -0.2) is 54.5 Å². The van der Waals surface area contributed by atoms with Crippen LogP contribution in [0.3, 0.4) is 0 Å². The van der Waals surface area contributed by atoms with Crippen LogP contribution in [0.25, 0.3) is 0 Å². The van der Waals surface area contributed by atoms with Gasteiger partial charge < -0.3 is 15.0 Å². The summed E-state index contributed by atoms with van der Waals surface area (Å²) < 4.78 is 5.22. The molecule has 1 aromatic rings. The quantitative estimate of drug-likeness (QED) is 0.824. The lowest BCUT2D eigenvalue weighted by Gasteiger charge is -2.26. The van der Waals surface area contributed by atoms with Gasteiger partial charge in [-0.3, -0.25) is 9.59 Å². The average Bonchev–Trinajstić information content (AvgIpc) is 2.55. The van der Waals surface area contributed by atoms with Crippen molar-refractivity contribution in [2.24, 2.45) is 0 Å². The van der Waals surface area contributed by atoms with E-state index in [1.807, 2.05) is 0 Å². The highest BCUT2D eigenvalue weighted by atomic mass is 16.5. The molecule has 0 aromatic carbocycles. The highest BCUT2D eigenvalue weighted by Gasteiger charge is 2.20. The van der Waals surface area contributed by atoms with Gasteiger partial charge in [0.05, 0.1) is 13.2 Å². The van der Waals surface area contributed by atoms with Gasteiger partial charge in [-0.15, -0.1) is 0 Å². The Morgan fingerprint density at radius 1 is 1.29 bits per heavy atom. The van der Waals surface area contributed by atoms with Crippen molar-refractivity contribution in [3.05, 3.63) is 29.6 Å². The van der Waals surface area contributed by atoms with E-state index in [1.165, 1.54) is 0 Å². The average molecular weight is 291 g/mol. The third kappa shape index (κ3) is 4.26. The Morgan fingerprint density at radius 3 is 2.71 bits per heavy atom. The summed E-state index contributed by atoms with van der Waals surface area (Å²) in [5.74, 6) is -0.387. The fraction of sp³-hybridized carbons (Fsp3) is 0.533. The van der Waals surface area contributed by atoms with E-state index in [4.69, 9.17) is 4.74 Å². The summed E-state index contributed by atoms with van der Waals surface area (Å²) in [4.78, 5) is 30.1. The van der Waals surface area contributed by atoms with Gasteiger partial charge >= 0.3 is 0 Å². The Morgan fingerprint density at radius 2 is 2.00 bits per heavy atom. The second-order valence-corrected chi connectivity index (χ2v) is 4.92. The van der Waals surface area contributed by atoms with Gasteiger partial charge in [0, 0.05) is 19.6 Å². The first kappa shape index (κ1) is 15.4. The molecule has 2 heterocycles. The molecule has 1 fully saturated rings. The van der Waals surface area contributed by atoms with Crippen LogP contribution >= 0.6 is 0 Å². The number of morpholine rings is 1. The van der Waals surface area contributed by atoms with Crippen LogP contribution < -0.4 is 5.32 Å². The molecule has 0 bridgehead atoms. The monoisotopic (exact) mass is 291 g/mol. The standard InChI is InChI=1S/C15H21N3O3/c1-2-3-7-16-14(19)12-5-4-6-13(17-12)15(20)18-8-10-21-11-9-18/h4-6H,2-3,7-11H2,1H3,(H,16,19). The van der Waals surface area contributed by atoms with E-state index in [0.29, 0.717) is 38.5 Å². The molecule has 6 heteroatoms. The highest BCUT2D eigenvalue weighted by Crippen LogP contribution is 2.06. The normalized spacial score (nSPS) is 14.8. The van der Waals surface area contributed by atoms with E-state index in [9.17, 15) is 9.59 Å². The van der Waals surface area contributed by atoms with Crippen LogP contribution in [-0.2, 0) is 4.74 Å². The van der Waals surface area contributed by atoms with Crippen LogP contribution in [0, 0.1) is 0 Å². The minimum atomic E-state index is -0.236. The maximum absolute atomic E-state index is 12.3. The van der Waals surface area contributed by atoms with Gasteiger partial charge in [-0.2, -0.15) is 0 Å². The SMILES string of the molecule is CCCCNC(=O)c1cccc(C(=O)N2CCOCC2)n1. The Bertz CT molecular complexity index is 499. The van der Waals surface area contributed by atoms with E-state index in [1.54, 1.807) is 23.1 Å². The number of nitrogens with zero attached hydrogens (tertiary/aromatic N) is 2. The lowest BCUT2D eigenvalue weighted by molar-refractivity contribution is 0.0299. The van der Waals surface area contributed by atoms with Gasteiger partial charge in [0.2, 0.25) is 0 Å². The molecule has 0 atom stereocenters. The predicted octanol–water partition coefficient (Wildman–Crippen LogP) is 1.08. The van der Waals surface area contributed by atoms with Crippen LogP contribution in [0.2, 0.25) is 0 Å². The van der Waals surface area contributed by atoms with Crippen LogP contribution in [0.1, 0.15) is 40.7 Å². The molecule has 1 N–H and O–H groups in total. The molecule has 6 nitrogen and oxygen atoms in total. The fourth-order valence-electron chi connectivity index (χ4n) is 2.08. The smallest absolute Gasteiger partial charge is 0.272 e. The van der Waals surface area contributed by atoms with E-state index in [0.717, 1.165) is 12.8 Å². The Hall–Kier alpha value is -1.95. The Labute approximate surface area is 124 Å². The maximum atomic E-state index is 12.3. The number of unbranched alkanes of at least 4 members (excludes halogenated alkanes) is 1. The number of pyridine rings is 1. The minimum absolute atomic E-state index is 0.151. The second-order valence-electron chi connectivity index (χ2n) is 4.92. The minimum Gasteiger partial charge on any atom is -0.378 e. The third-order valence-corrected chi connectivity index (χ3v) is 3.32. The fourth-order valence-corrected chi connectivity index (χ4v) is 2.08. The maximum Gasteiger partial charge on any atom is 0.272 e. The summed E-state index contributed by atoms with van der Waals surface area (Å²) in [5.41, 5.74) is 0.588. The Kier molecular flexibility index (Phi) is 5.68. The van der Waals surface area contributed by atoms with E-state index < -0.39 is 0 Å². The molecule has 1 aromatic heterocycles. The first-order valence-corrected chi connectivity index (χ1v) is 7.34. The molecule has 0 radical (unpaired) electrons. The van der Waals surface area contributed by atoms with E-state index in [2.05, 4.69) is 17.2 Å². The Balaban J connectivity index is 2.02. The zero-order valence-electron chi connectivity index (χ0n) is 12.3. The molecule has 0 unspecified atom stereocenters. The van der Waals surface area contributed by atoms with Crippen molar-refractivity contribution in [2.45, 2.75) is 19.8 Å². The number of hydrogen-bond acceptors (Lipinski definition) is 4. The summed E-state index contributed by atoms with van der Waals surface area (Å²) in [5, 5.41) is 2.80. The van der Waals surface area contributed by atoms with Crippen LogP contribution in [0.4, 0.5) is 0 Å². The van der Waals surface area contributed by atoms with Crippen LogP contribution in [0.5, 0.6) is 0 Å². The number of amides is 2. The van der Waals surface area contributed by atoms with E-state index in [-0.39, 0.29) is 17.5 Å². The molecule has 1 aliphatic heterocycles. The summed E-state index contributed by atoms with van der Waals surface area (Å²) >= 11 is 0. The third-order valence-electron chi connectivity index (χ3n) is 3.32. The molecule has 114 valence electrons. The molecule has 1 aliphatic rings. The largest absolute Gasteiger partial charge is 0.378 e. The van der Waals surface area contributed by atoms with Gasteiger partial charge in [0.1, 0.15) is 11.4 Å². The van der Waals surface area contributed by atoms with Crippen molar-refractivity contribution in [3.8, 4) is 0 Å². The van der Waals surface area contributed by atoms with Gasteiger partial charge in [-0.1, -0.05) is 19.4 Å². The first-order valence-electron chi connectivity index (χ1n) is 7.34. The van der Waals surface area contributed by atoms with Crippen molar-refractivity contribution in [2.75, 3.05) is 32.8 Å². The molecular formula is C15H21N3O3. The first-order chi connectivity index (χ1) is 10.2. The zero-order valence-corrected chi connectivity index (χ0v) is 12.3. The van der Waals surface area contributed by atoms with Gasteiger partial charge in [-0.25, -0.2) is 4.98 Å². The topological polar surface area (TPSA) is 71.5 Å². The van der Waals surface area contributed by atoms with Crippen LogP contribution in [0.15, 0.2) is 18.2 Å². The lowest BCUT2D eigenvalue weighted by Crippen LogP contribution is -2.41. The summed E-state index contributed by atoms with van der Waals surface area (Å²) in [6.45, 7) is 4.90. The van der Waals surface area contributed by atoms with Crippen molar-refractivity contribution in [3.63, 3.8) is 0 Å². The predicted molar refractivity (Wildman–Crippen MR) is 78.2 cm³/mol. The molecule has 0 spiro atoms. The molecule has 1 saturated heterocycles. The number of hydrogen-bond donors (Lipinski definition) is 1. The molecule has 21 heavy (non-hydrogen) atoms. The van der Waals surface area contributed by atoms with Gasteiger partial charge in [0.25, 0.3) is 11.8 Å². The summed E-state index contributed by atoms with van der Waals surface area (Å²) in [6.07, 6.45) is 1.95. The number of carbonyl (C=O) groups is 2. The molecule has 0 saturated carbocycles. The highest BCUT2D eigenvalue weighted by molar-refractivity contribution is 5.96. The molecular weight excluding hydrogens is 270 g/mol. The lowest BCUT2D eigenvalue weighted by atomic mass is 10.2. The van der Waals surface area contributed by atoms with E-state index >= 15 is 0 Å². The number of ether oxygens (including phenoxy) is 1. The van der Waals surface area contributed by atoms with Gasteiger partial charge in [0.15, 0.2) is 0 Å². The second kappa shape index (κ2) is 7.73. The van der Waals surface area contributed by atoms with Crippen molar-refractivity contribution >= 4 is 11.8 Å². The number of carbonyl (C=O) groups excluding carboxylic acids is 2. The molecule has 2 amide bonds. The van der Waals surface area contributed by atoms with Crippen molar-refractivity contribution < 1.29 is 14.3 Å². The number of aromatic nitrogens is 1. The summed E-state index contributed by atoms with van der Waals surface area (Å²) in [6, 6.07) is 4.95.